The lowest BCUT2D eigenvalue weighted by atomic mass is 9.68. The minimum absolute atomic E-state index is 0.536. The summed E-state index contributed by atoms with van der Waals surface area (Å²) in [7, 11) is 0. The third-order valence-electron chi connectivity index (χ3n) is 4.50. The van der Waals surface area contributed by atoms with Crippen molar-refractivity contribution in [3.63, 3.8) is 0 Å². The molecule has 0 spiro atoms. The van der Waals surface area contributed by atoms with Crippen molar-refractivity contribution in [2.45, 2.75) is 45.4 Å². The summed E-state index contributed by atoms with van der Waals surface area (Å²) < 4.78 is 1.15. The van der Waals surface area contributed by atoms with Crippen LogP contribution in [0.3, 0.4) is 0 Å². The van der Waals surface area contributed by atoms with Crippen LogP contribution >= 0.6 is 15.9 Å². The highest BCUT2D eigenvalue weighted by Gasteiger charge is 2.31. The molecular weight excluding hydrogens is 286 g/mol. The van der Waals surface area contributed by atoms with Crippen LogP contribution in [0, 0.1) is 11.3 Å². The summed E-state index contributed by atoms with van der Waals surface area (Å²) in [5.74, 6) is 1.30. The average Bonchev–Trinajstić information content (AvgIpc) is 2.34. The lowest BCUT2D eigenvalue weighted by Crippen LogP contribution is -2.28. The fourth-order valence-corrected chi connectivity index (χ4v) is 3.40. The number of hydrogen-bond donors (Lipinski definition) is 1. The van der Waals surface area contributed by atoms with Crippen molar-refractivity contribution in [2.24, 2.45) is 17.1 Å². The van der Waals surface area contributed by atoms with Crippen molar-refractivity contribution in [1.82, 2.24) is 0 Å². The highest BCUT2D eigenvalue weighted by molar-refractivity contribution is 9.10. The van der Waals surface area contributed by atoms with Crippen molar-refractivity contribution < 1.29 is 0 Å². The first kappa shape index (κ1) is 14.1. The molecule has 1 aliphatic rings. The molecule has 1 nitrogen and oxygen atoms in total. The van der Waals surface area contributed by atoms with E-state index in [-0.39, 0.29) is 0 Å². The van der Waals surface area contributed by atoms with Crippen molar-refractivity contribution in [3.8, 4) is 0 Å². The van der Waals surface area contributed by atoms with E-state index >= 15 is 0 Å². The molecule has 0 bridgehead atoms. The van der Waals surface area contributed by atoms with Gasteiger partial charge in [-0.3, -0.25) is 0 Å². The van der Waals surface area contributed by atoms with Crippen LogP contribution in [0.2, 0.25) is 0 Å². The van der Waals surface area contributed by atoms with E-state index in [2.05, 4.69) is 54.0 Å². The lowest BCUT2D eigenvalue weighted by molar-refractivity contribution is 0.173. The summed E-state index contributed by atoms with van der Waals surface area (Å²) in [6.45, 7) is 5.55. The van der Waals surface area contributed by atoms with E-state index in [0.717, 1.165) is 16.9 Å². The summed E-state index contributed by atoms with van der Waals surface area (Å²) >= 11 is 3.50. The zero-order valence-corrected chi connectivity index (χ0v) is 13.0. The fourth-order valence-electron chi connectivity index (χ4n) is 3.13. The van der Waals surface area contributed by atoms with Crippen LogP contribution in [0.4, 0.5) is 0 Å². The molecule has 1 aromatic carbocycles. The third-order valence-corrected chi connectivity index (χ3v) is 5.03. The molecule has 0 aliphatic heterocycles. The normalized spacial score (nSPS) is 21.8. The van der Waals surface area contributed by atoms with Crippen LogP contribution < -0.4 is 5.73 Å². The predicted molar refractivity (Wildman–Crippen MR) is 81.7 cm³/mol. The first-order valence-electron chi connectivity index (χ1n) is 6.97. The Morgan fingerprint density at radius 3 is 2.28 bits per heavy atom. The molecule has 1 saturated carbocycles. The van der Waals surface area contributed by atoms with Gasteiger partial charge in [-0.2, -0.15) is 0 Å². The molecule has 100 valence electrons. The molecule has 0 amide bonds. The lowest BCUT2D eigenvalue weighted by Gasteiger charge is -2.38. The third kappa shape index (κ3) is 3.36. The van der Waals surface area contributed by atoms with Gasteiger partial charge < -0.3 is 5.73 Å². The fraction of sp³-hybridized carbons (Fsp3) is 0.625. The maximum absolute atomic E-state index is 6.03. The van der Waals surface area contributed by atoms with Gasteiger partial charge in [0.1, 0.15) is 0 Å². The quantitative estimate of drug-likeness (QED) is 0.860. The second kappa shape index (κ2) is 5.75. The molecule has 0 unspecified atom stereocenters. The van der Waals surface area contributed by atoms with Crippen molar-refractivity contribution in [1.29, 1.82) is 0 Å². The van der Waals surface area contributed by atoms with Crippen LogP contribution in [-0.2, 0) is 0 Å². The molecule has 0 aromatic heterocycles. The second-order valence-electron chi connectivity index (χ2n) is 6.40. The molecule has 1 atom stereocenters. The van der Waals surface area contributed by atoms with Crippen LogP contribution in [-0.4, -0.2) is 6.54 Å². The zero-order chi connectivity index (χ0) is 13.2. The maximum atomic E-state index is 6.03. The summed E-state index contributed by atoms with van der Waals surface area (Å²) in [5, 5.41) is 0. The molecule has 0 heterocycles. The van der Waals surface area contributed by atoms with Gasteiger partial charge in [-0.15, -0.1) is 0 Å². The number of rotatable bonds is 3. The van der Waals surface area contributed by atoms with Crippen molar-refractivity contribution in [2.75, 3.05) is 6.54 Å². The average molecular weight is 310 g/mol. The minimum atomic E-state index is 0.536. The van der Waals surface area contributed by atoms with Gasteiger partial charge >= 0.3 is 0 Å². The molecule has 2 N–H and O–H groups in total. The van der Waals surface area contributed by atoms with Gasteiger partial charge in [0, 0.05) is 4.47 Å². The summed E-state index contributed by atoms with van der Waals surface area (Å²) in [5.41, 5.74) is 7.97. The van der Waals surface area contributed by atoms with Gasteiger partial charge in [-0.1, -0.05) is 41.9 Å². The Labute approximate surface area is 119 Å². The Morgan fingerprint density at radius 1 is 1.22 bits per heavy atom. The summed E-state index contributed by atoms with van der Waals surface area (Å²) in [4.78, 5) is 0. The standard InChI is InChI=1S/C16H24BrN/c1-16(2)9-7-13(8-10-16)15(11-18)12-3-5-14(17)6-4-12/h3-6,13,15H,7-11,18H2,1-2H3/t15-/m0/s1. The second-order valence-corrected chi connectivity index (χ2v) is 7.31. The number of nitrogens with two attached hydrogens (primary N) is 1. The minimum Gasteiger partial charge on any atom is -0.330 e. The molecule has 2 heteroatoms. The van der Waals surface area contributed by atoms with Gasteiger partial charge in [0.05, 0.1) is 0 Å². The molecule has 0 saturated heterocycles. The first-order valence-corrected chi connectivity index (χ1v) is 7.77. The van der Waals surface area contributed by atoms with Crippen LogP contribution in [0.5, 0.6) is 0 Å². The van der Waals surface area contributed by atoms with Gasteiger partial charge in [-0.05, 0) is 67.2 Å². The largest absolute Gasteiger partial charge is 0.330 e. The molecular formula is C16H24BrN. The zero-order valence-electron chi connectivity index (χ0n) is 11.5. The van der Waals surface area contributed by atoms with E-state index in [1.165, 1.54) is 31.2 Å². The van der Waals surface area contributed by atoms with Crippen LogP contribution in [0.25, 0.3) is 0 Å². The summed E-state index contributed by atoms with van der Waals surface area (Å²) in [6.07, 6.45) is 5.32. The van der Waals surface area contributed by atoms with E-state index in [1.54, 1.807) is 0 Å². The Bertz CT molecular complexity index is 373. The van der Waals surface area contributed by atoms with Gasteiger partial charge in [-0.25, -0.2) is 0 Å². The molecule has 1 fully saturated rings. The van der Waals surface area contributed by atoms with E-state index in [1.807, 2.05) is 0 Å². The molecule has 2 rings (SSSR count). The molecule has 1 aliphatic carbocycles. The molecule has 0 radical (unpaired) electrons. The first-order chi connectivity index (χ1) is 8.52. The van der Waals surface area contributed by atoms with Gasteiger partial charge in [0.25, 0.3) is 0 Å². The smallest absolute Gasteiger partial charge is 0.0175 e. The van der Waals surface area contributed by atoms with Gasteiger partial charge in [0.15, 0.2) is 0 Å². The highest BCUT2D eigenvalue weighted by atomic mass is 79.9. The highest BCUT2D eigenvalue weighted by Crippen LogP contribution is 2.43. The number of halogens is 1. The Hall–Kier alpha value is -0.340. The van der Waals surface area contributed by atoms with E-state index in [4.69, 9.17) is 5.73 Å². The topological polar surface area (TPSA) is 26.0 Å². The Kier molecular flexibility index (Phi) is 4.50. The van der Waals surface area contributed by atoms with E-state index < -0.39 is 0 Å². The van der Waals surface area contributed by atoms with Gasteiger partial charge in [0.2, 0.25) is 0 Å². The molecule has 18 heavy (non-hydrogen) atoms. The Morgan fingerprint density at radius 2 is 1.78 bits per heavy atom. The summed E-state index contributed by atoms with van der Waals surface area (Å²) in [6, 6.07) is 8.71. The maximum Gasteiger partial charge on any atom is 0.0175 e. The number of hydrogen-bond acceptors (Lipinski definition) is 1. The van der Waals surface area contributed by atoms with Crippen molar-refractivity contribution >= 4 is 15.9 Å². The monoisotopic (exact) mass is 309 g/mol. The van der Waals surface area contributed by atoms with Crippen molar-refractivity contribution in [3.05, 3.63) is 34.3 Å². The number of benzene rings is 1. The van der Waals surface area contributed by atoms with Crippen LogP contribution in [0.15, 0.2) is 28.7 Å². The molecule has 1 aromatic rings. The Balaban J connectivity index is 2.08. The SMILES string of the molecule is CC1(C)CCC([C@@H](CN)c2ccc(Br)cc2)CC1. The van der Waals surface area contributed by atoms with E-state index in [9.17, 15) is 0 Å². The van der Waals surface area contributed by atoms with E-state index in [0.29, 0.717) is 11.3 Å². The predicted octanol–water partition coefficient (Wildman–Crippen LogP) is 4.71. The van der Waals surface area contributed by atoms with Crippen LogP contribution in [0.1, 0.15) is 51.0 Å².